The van der Waals surface area contributed by atoms with Crippen LogP contribution in [0.25, 0.3) is 11.1 Å². The molecule has 4 N–H and O–H groups in total. The van der Waals surface area contributed by atoms with Crippen molar-refractivity contribution in [1.29, 1.82) is 10.7 Å². The molecule has 3 aromatic rings. The Balaban J connectivity index is 0.000000572. The van der Waals surface area contributed by atoms with Crippen molar-refractivity contribution in [3.05, 3.63) is 63.8 Å². The van der Waals surface area contributed by atoms with Gasteiger partial charge in [0.05, 0.1) is 34.2 Å². The number of carbonyl (C=O) groups is 1. The van der Waals surface area contributed by atoms with E-state index in [1.165, 1.54) is 43.4 Å². The van der Waals surface area contributed by atoms with Gasteiger partial charge in [-0.25, -0.2) is 9.37 Å². The Bertz CT molecular complexity index is 1470. The molecule has 2 aromatic heterocycles. The van der Waals surface area contributed by atoms with Gasteiger partial charge >= 0.3 is 0 Å². The molecule has 0 radical (unpaired) electrons. The molecule has 214 valence electrons. The van der Waals surface area contributed by atoms with Crippen LogP contribution < -0.4 is 20.7 Å². The second-order valence-electron chi connectivity index (χ2n) is 10.3. The van der Waals surface area contributed by atoms with E-state index in [2.05, 4.69) is 21.4 Å². The maximum absolute atomic E-state index is 14.3. The third-order valence-corrected chi connectivity index (χ3v) is 6.99. The number of piperidine rings is 1. The molecule has 9 nitrogen and oxygen atoms in total. The van der Waals surface area contributed by atoms with Crippen LogP contribution in [-0.2, 0) is 17.8 Å². The van der Waals surface area contributed by atoms with Crippen LogP contribution in [0.1, 0.15) is 55.6 Å². The van der Waals surface area contributed by atoms with Crippen LogP contribution in [0.4, 0.5) is 15.9 Å². The van der Waals surface area contributed by atoms with Gasteiger partial charge < -0.3 is 21.2 Å². The number of fused-ring (bicyclic) bond motifs is 1. The molecule has 11 heteroatoms. The van der Waals surface area contributed by atoms with Crippen molar-refractivity contribution in [2.45, 2.75) is 46.1 Å². The van der Waals surface area contributed by atoms with E-state index in [0.29, 0.717) is 45.8 Å². The number of hydrogen-bond acceptors (Lipinski definition) is 8. The Morgan fingerprint density at radius 2 is 2.02 bits per heavy atom. The molecule has 1 saturated heterocycles. The molecule has 4 heterocycles. The molecule has 0 aliphatic carbocycles. The van der Waals surface area contributed by atoms with Crippen LogP contribution in [0.5, 0.6) is 5.75 Å². The summed E-state index contributed by atoms with van der Waals surface area (Å²) in [7, 11) is 0. The number of halogens is 2. The molecule has 0 bridgehead atoms. The van der Waals surface area contributed by atoms with Crippen LogP contribution in [0.15, 0.2) is 30.5 Å². The van der Waals surface area contributed by atoms with Crippen LogP contribution in [-0.4, -0.2) is 41.8 Å². The number of rotatable bonds is 6. The second kappa shape index (κ2) is 13.5. The molecule has 41 heavy (non-hydrogen) atoms. The lowest BCUT2D eigenvalue weighted by atomic mass is 9.91. The first-order valence-corrected chi connectivity index (χ1v) is 13.9. The number of nitrogens with zero attached hydrogens (tertiary/aromatic N) is 4. The fraction of sp³-hybridized carbons (Fsp3) is 0.367. The van der Waals surface area contributed by atoms with Crippen molar-refractivity contribution in [3.8, 4) is 22.9 Å². The van der Waals surface area contributed by atoms with E-state index in [1.807, 2.05) is 13.8 Å². The molecule has 1 amide bonds. The number of amides is 1. The van der Waals surface area contributed by atoms with Crippen LogP contribution in [0.2, 0.25) is 5.02 Å². The van der Waals surface area contributed by atoms with Gasteiger partial charge in [0, 0.05) is 23.5 Å². The Kier molecular flexibility index (Phi) is 9.86. The van der Waals surface area contributed by atoms with E-state index in [-0.39, 0.29) is 41.5 Å². The van der Waals surface area contributed by atoms with E-state index in [0.717, 1.165) is 12.3 Å². The largest absolute Gasteiger partial charge is 0.482 e. The van der Waals surface area contributed by atoms with Gasteiger partial charge in [-0.1, -0.05) is 37.9 Å². The summed E-state index contributed by atoms with van der Waals surface area (Å²) in [5, 5.41) is 21.3. The van der Waals surface area contributed by atoms with Crippen molar-refractivity contribution >= 4 is 35.2 Å². The highest BCUT2D eigenvalue weighted by Gasteiger charge is 2.28. The zero-order valence-corrected chi connectivity index (χ0v) is 23.9. The number of nitrogens with one attached hydrogen (secondary N) is 2. The molecule has 0 spiro atoms. The minimum Gasteiger partial charge on any atom is -0.482 e. The summed E-state index contributed by atoms with van der Waals surface area (Å²) in [5.41, 5.74) is 8.93. The first-order valence-electron chi connectivity index (χ1n) is 13.5. The molecule has 5 rings (SSSR count). The molecule has 0 atom stereocenters. The van der Waals surface area contributed by atoms with Gasteiger partial charge in [0.15, 0.2) is 6.61 Å². The number of nitriles is 1. The van der Waals surface area contributed by atoms with Crippen molar-refractivity contribution < 1.29 is 13.9 Å². The van der Waals surface area contributed by atoms with Gasteiger partial charge in [0.2, 0.25) is 0 Å². The minimum atomic E-state index is -0.616. The van der Waals surface area contributed by atoms with Crippen LogP contribution in [0.3, 0.4) is 0 Å². The lowest BCUT2D eigenvalue weighted by Crippen LogP contribution is -2.38. The molecule has 1 fully saturated rings. The van der Waals surface area contributed by atoms with Gasteiger partial charge in [-0.05, 0) is 62.0 Å². The summed E-state index contributed by atoms with van der Waals surface area (Å²) in [6.07, 6.45) is 7.15. The number of aromatic nitrogens is 2. The summed E-state index contributed by atoms with van der Waals surface area (Å²) in [5.74, 6) is -0.205. The predicted molar refractivity (Wildman–Crippen MR) is 158 cm³/mol. The van der Waals surface area contributed by atoms with E-state index in [9.17, 15) is 14.4 Å². The third kappa shape index (κ3) is 6.99. The predicted octanol–water partition coefficient (Wildman–Crippen LogP) is 5.27. The number of hydrogen-bond donors (Lipinski definition) is 3. The fourth-order valence-electron chi connectivity index (χ4n) is 4.81. The maximum atomic E-state index is 14.3. The average molecular weight is 578 g/mol. The van der Waals surface area contributed by atoms with Crippen molar-refractivity contribution in [2.24, 2.45) is 5.92 Å². The fourth-order valence-corrected chi connectivity index (χ4v) is 4.96. The lowest BCUT2D eigenvalue weighted by molar-refractivity contribution is -0.121. The number of pyridine rings is 2. The molecular weight excluding hydrogens is 545 g/mol. The van der Waals surface area contributed by atoms with E-state index < -0.39 is 5.82 Å². The number of ether oxygens (including phenoxy) is 1. The summed E-state index contributed by atoms with van der Waals surface area (Å²) in [6, 6.07) is 8.41. The molecule has 0 unspecified atom stereocenters. The zero-order chi connectivity index (χ0) is 29.5. The first kappa shape index (κ1) is 29.9. The molecule has 2 aliphatic heterocycles. The number of nitrogens with two attached hydrogens (primary N) is 1. The number of benzene rings is 1. The van der Waals surface area contributed by atoms with E-state index in [1.54, 1.807) is 18.2 Å². The topological polar surface area (TPSA) is 141 Å². The number of carbonyl (C=O) groups excluding carboxylic acids is 1. The number of anilines is 2. The standard InChI is InChI=1S/C25H22ClFN6O2.C5H11N/c1-13(2)5-19-16(8-28)24(17(9-29)25(30)32-19)14-3-4-21-22(6-14)35-12-23(34)33(21)11-20-18(27)7-15(26)10-31-20;1-2-4-6-5-3-1/h3-4,6-7,9-10,13,29H,5,11-12H2,1-2H3,(H2,30,32);6H,1-5H2. The monoisotopic (exact) mass is 577 g/mol. The lowest BCUT2D eigenvalue weighted by Gasteiger charge is -2.30. The van der Waals surface area contributed by atoms with Gasteiger partial charge in [0.25, 0.3) is 5.91 Å². The zero-order valence-electron chi connectivity index (χ0n) is 23.1. The van der Waals surface area contributed by atoms with Gasteiger partial charge in [-0.15, -0.1) is 0 Å². The quantitative estimate of drug-likeness (QED) is 0.339. The van der Waals surface area contributed by atoms with Gasteiger partial charge in [0.1, 0.15) is 23.5 Å². The van der Waals surface area contributed by atoms with E-state index >= 15 is 0 Å². The van der Waals surface area contributed by atoms with Gasteiger partial charge in [-0.2, -0.15) is 5.26 Å². The summed E-state index contributed by atoms with van der Waals surface area (Å²) < 4.78 is 20.0. The third-order valence-electron chi connectivity index (χ3n) is 6.79. The molecule has 2 aliphatic rings. The second-order valence-corrected chi connectivity index (χ2v) is 10.7. The summed E-state index contributed by atoms with van der Waals surface area (Å²) in [6.45, 7) is 6.18. The average Bonchev–Trinajstić information content (AvgIpc) is 2.96. The summed E-state index contributed by atoms with van der Waals surface area (Å²) in [4.78, 5) is 22.4. The highest BCUT2D eigenvalue weighted by Crippen LogP contribution is 2.40. The maximum Gasteiger partial charge on any atom is 0.265 e. The van der Waals surface area contributed by atoms with Crippen molar-refractivity contribution in [2.75, 3.05) is 30.3 Å². The minimum absolute atomic E-state index is 0.0674. The van der Waals surface area contributed by atoms with Gasteiger partial charge in [-0.3, -0.25) is 14.7 Å². The Labute approximate surface area is 244 Å². The van der Waals surface area contributed by atoms with Crippen LogP contribution >= 0.6 is 11.6 Å². The Morgan fingerprint density at radius 3 is 2.61 bits per heavy atom. The van der Waals surface area contributed by atoms with E-state index in [4.69, 9.17) is 27.5 Å². The normalized spacial score (nSPS) is 14.4. The molecule has 0 saturated carbocycles. The Morgan fingerprint density at radius 1 is 1.27 bits per heavy atom. The molecular formula is C30H33ClFN7O2. The summed E-state index contributed by atoms with van der Waals surface area (Å²) >= 11 is 5.79. The molecule has 1 aromatic carbocycles. The van der Waals surface area contributed by atoms with Crippen molar-refractivity contribution in [3.63, 3.8) is 0 Å². The highest BCUT2D eigenvalue weighted by atomic mass is 35.5. The van der Waals surface area contributed by atoms with Crippen molar-refractivity contribution in [1.82, 2.24) is 15.3 Å². The SMILES string of the molecule is C1CCNCC1.CC(C)Cc1nc(N)c(C=N)c(-c2ccc3c(c2)OCC(=O)N3Cc2ncc(Cl)cc2F)c1C#N. The number of nitrogen functional groups attached to an aromatic ring is 1. The first-order chi connectivity index (χ1) is 19.7. The van der Waals surface area contributed by atoms with Crippen LogP contribution in [0, 0.1) is 28.5 Å². The Hall–Kier alpha value is -4.07. The highest BCUT2D eigenvalue weighted by molar-refractivity contribution is 6.30. The smallest absolute Gasteiger partial charge is 0.265 e.